The summed E-state index contributed by atoms with van der Waals surface area (Å²) in [7, 11) is 0. The molecular weight excluding hydrogens is 222 g/mol. The first kappa shape index (κ1) is 10.1. The molecule has 1 aromatic carbocycles. The monoisotopic (exact) mass is 237 g/mol. The van der Waals surface area contributed by atoms with Gasteiger partial charge in [0.25, 0.3) is 0 Å². The first-order valence-electron chi connectivity index (χ1n) is 5.49. The number of hydrogen-bond acceptors (Lipinski definition) is 3. The Kier molecular flexibility index (Phi) is 2.95. The van der Waals surface area contributed by atoms with Crippen LogP contribution in [0.1, 0.15) is 23.6 Å². The highest BCUT2D eigenvalue weighted by molar-refractivity contribution is 8.17. The normalized spacial score (nSPS) is 26.5. The van der Waals surface area contributed by atoms with Gasteiger partial charge in [-0.3, -0.25) is 0 Å². The van der Waals surface area contributed by atoms with E-state index >= 15 is 0 Å². The first-order chi connectivity index (χ1) is 7.45. The third-order valence-electron chi connectivity index (χ3n) is 3.03. The van der Waals surface area contributed by atoms with Gasteiger partial charge in [0.15, 0.2) is 0 Å². The van der Waals surface area contributed by atoms with E-state index in [0.29, 0.717) is 6.04 Å². The quantitative estimate of drug-likeness (QED) is 0.806. The lowest BCUT2D eigenvalue weighted by atomic mass is 10.1. The van der Waals surface area contributed by atoms with Crippen molar-refractivity contribution in [2.75, 3.05) is 11.5 Å². The molecule has 0 radical (unpaired) electrons. The van der Waals surface area contributed by atoms with E-state index in [-0.39, 0.29) is 0 Å². The van der Waals surface area contributed by atoms with Crippen molar-refractivity contribution >= 4 is 23.5 Å². The van der Waals surface area contributed by atoms with Crippen LogP contribution in [-0.4, -0.2) is 16.1 Å². The molecule has 0 spiro atoms. The molecule has 2 aliphatic heterocycles. The van der Waals surface area contributed by atoms with Crippen molar-refractivity contribution in [1.29, 1.82) is 0 Å². The number of rotatable bonds is 1. The number of thioether (sulfide) groups is 2. The SMILES string of the molecule is c1ccc2c(c1)CNC2C1SCCCS1. The summed E-state index contributed by atoms with van der Waals surface area (Å²) in [5.41, 5.74) is 3.03. The predicted molar refractivity (Wildman–Crippen MR) is 69.3 cm³/mol. The van der Waals surface area contributed by atoms with Crippen molar-refractivity contribution in [2.24, 2.45) is 0 Å². The van der Waals surface area contributed by atoms with Crippen molar-refractivity contribution < 1.29 is 0 Å². The van der Waals surface area contributed by atoms with Gasteiger partial charge in [-0.25, -0.2) is 0 Å². The van der Waals surface area contributed by atoms with Crippen molar-refractivity contribution in [3.8, 4) is 0 Å². The minimum Gasteiger partial charge on any atom is -0.304 e. The molecule has 2 heterocycles. The molecule has 1 fully saturated rings. The molecule has 3 heteroatoms. The van der Waals surface area contributed by atoms with Gasteiger partial charge in [-0.2, -0.15) is 0 Å². The fourth-order valence-corrected chi connectivity index (χ4v) is 5.37. The molecule has 1 nitrogen and oxygen atoms in total. The lowest BCUT2D eigenvalue weighted by Crippen LogP contribution is -2.24. The highest BCUT2D eigenvalue weighted by Crippen LogP contribution is 2.42. The molecule has 0 amide bonds. The predicted octanol–water partition coefficient (Wildman–Crippen LogP) is 3.03. The van der Waals surface area contributed by atoms with Crippen molar-refractivity contribution in [2.45, 2.75) is 23.6 Å². The van der Waals surface area contributed by atoms with E-state index in [4.69, 9.17) is 0 Å². The zero-order chi connectivity index (χ0) is 10.1. The maximum absolute atomic E-state index is 3.65. The minimum absolute atomic E-state index is 0.580. The average molecular weight is 237 g/mol. The van der Waals surface area contributed by atoms with Crippen LogP contribution in [0.4, 0.5) is 0 Å². The Labute approximate surface area is 99.4 Å². The van der Waals surface area contributed by atoms with Gasteiger partial charge in [-0.05, 0) is 29.1 Å². The fourth-order valence-electron chi connectivity index (χ4n) is 2.27. The van der Waals surface area contributed by atoms with Gasteiger partial charge in [-0.1, -0.05) is 24.3 Å². The molecule has 1 aromatic rings. The van der Waals surface area contributed by atoms with E-state index in [9.17, 15) is 0 Å². The summed E-state index contributed by atoms with van der Waals surface area (Å²) in [5.74, 6) is 2.66. The molecule has 15 heavy (non-hydrogen) atoms. The summed E-state index contributed by atoms with van der Waals surface area (Å²) < 4.78 is 0.724. The maximum Gasteiger partial charge on any atom is 0.0697 e. The zero-order valence-corrected chi connectivity index (χ0v) is 10.2. The molecule has 0 aromatic heterocycles. The summed E-state index contributed by atoms with van der Waals surface area (Å²) in [6.45, 7) is 1.05. The molecule has 1 atom stereocenters. The lowest BCUT2D eigenvalue weighted by molar-refractivity contribution is 0.623. The molecule has 1 unspecified atom stereocenters. The summed E-state index contributed by atoms with van der Waals surface area (Å²) in [6, 6.07) is 9.42. The summed E-state index contributed by atoms with van der Waals surface area (Å²) in [4.78, 5) is 0. The van der Waals surface area contributed by atoms with Gasteiger partial charge in [0.1, 0.15) is 0 Å². The Bertz CT molecular complexity index is 347. The third kappa shape index (κ3) is 1.93. The highest BCUT2D eigenvalue weighted by Gasteiger charge is 2.30. The van der Waals surface area contributed by atoms with Crippen LogP contribution in [0.5, 0.6) is 0 Å². The van der Waals surface area contributed by atoms with Crippen LogP contribution in [0.2, 0.25) is 0 Å². The maximum atomic E-state index is 3.65. The van der Waals surface area contributed by atoms with E-state index in [2.05, 4.69) is 53.1 Å². The van der Waals surface area contributed by atoms with Crippen LogP contribution in [0, 0.1) is 0 Å². The first-order valence-corrected chi connectivity index (χ1v) is 7.59. The second-order valence-electron chi connectivity index (χ2n) is 4.02. The summed E-state index contributed by atoms with van der Waals surface area (Å²) in [5, 5.41) is 3.65. The fraction of sp³-hybridized carbons (Fsp3) is 0.500. The van der Waals surface area contributed by atoms with E-state index in [1.807, 2.05) is 0 Å². The zero-order valence-electron chi connectivity index (χ0n) is 8.61. The van der Waals surface area contributed by atoms with Crippen LogP contribution in [-0.2, 0) is 6.54 Å². The van der Waals surface area contributed by atoms with Gasteiger partial charge < -0.3 is 5.32 Å². The third-order valence-corrected chi connectivity index (χ3v) is 6.09. The van der Waals surface area contributed by atoms with E-state index in [0.717, 1.165) is 11.1 Å². The number of nitrogens with one attached hydrogen (secondary N) is 1. The Hall–Kier alpha value is -0.120. The summed E-state index contributed by atoms with van der Waals surface area (Å²) >= 11 is 4.25. The Morgan fingerprint density at radius 1 is 1.13 bits per heavy atom. The van der Waals surface area contributed by atoms with Crippen molar-refractivity contribution in [1.82, 2.24) is 5.32 Å². The number of benzene rings is 1. The molecule has 0 saturated carbocycles. The topological polar surface area (TPSA) is 12.0 Å². The standard InChI is InChI=1S/C12H15NS2/c1-2-5-10-9(4-1)8-13-11(10)12-14-6-3-7-15-12/h1-2,4-5,11-13H,3,6-8H2. The highest BCUT2D eigenvalue weighted by atomic mass is 32.2. The van der Waals surface area contributed by atoms with Gasteiger partial charge in [0, 0.05) is 6.54 Å². The Morgan fingerprint density at radius 2 is 1.93 bits per heavy atom. The number of hydrogen-bond donors (Lipinski definition) is 1. The smallest absolute Gasteiger partial charge is 0.0697 e. The van der Waals surface area contributed by atoms with E-state index in [1.54, 1.807) is 0 Å². The van der Waals surface area contributed by atoms with Gasteiger partial charge in [0.2, 0.25) is 0 Å². The van der Waals surface area contributed by atoms with Crippen molar-refractivity contribution in [3.05, 3.63) is 35.4 Å². The Morgan fingerprint density at radius 3 is 2.80 bits per heavy atom. The molecule has 80 valence electrons. The van der Waals surface area contributed by atoms with Crippen LogP contribution in [0.15, 0.2) is 24.3 Å². The van der Waals surface area contributed by atoms with E-state index in [1.165, 1.54) is 29.1 Å². The molecule has 0 bridgehead atoms. The molecule has 1 saturated heterocycles. The second-order valence-corrected chi connectivity index (χ2v) is 6.82. The van der Waals surface area contributed by atoms with Gasteiger partial charge >= 0.3 is 0 Å². The molecular formula is C12H15NS2. The minimum atomic E-state index is 0.580. The molecule has 1 N–H and O–H groups in total. The molecule has 0 aliphatic carbocycles. The van der Waals surface area contributed by atoms with Gasteiger partial charge in [0.05, 0.1) is 10.6 Å². The van der Waals surface area contributed by atoms with Crippen LogP contribution < -0.4 is 5.32 Å². The molecule has 2 aliphatic rings. The molecule has 3 rings (SSSR count). The van der Waals surface area contributed by atoms with Crippen LogP contribution in [0.25, 0.3) is 0 Å². The largest absolute Gasteiger partial charge is 0.304 e. The van der Waals surface area contributed by atoms with Gasteiger partial charge in [-0.15, -0.1) is 23.5 Å². The van der Waals surface area contributed by atoms with E-state index < -0.39 is 0 Å². The average Bonchev–Trinajstić information content (AvgIpc) is 2.74. The second kappa shape index (κ2) is 4.40. The Balaban J connectivity index is 1.83. The van der Waals surface area contributed by atoms with Crippen LogP contribution >= 0.6 is 23.5 Å². The van der Waals surface area contributed by atoms with Crippen LogP contribution in [0.3, 0.4) is 0 Å². The summed E-state index contributed by atoms with van der Waals surface area (Å²) in [6.07, 6.45) is 1.38. The number of fused-ring (bicyclic) bond motifs is 1. The van der Waals surface area contributed by atoms with Crippen molar-refractivity contribution in [3.63, 3.8) is 0 Å². The lowest BCUT2D eigenvalue weighted by Gasteiger charge is -2.27.